The zero-order chi connectivity index (χ0) is 16.9. The van der Waals surface area contributed by atoms with Crippen LogP contribution in [0, 0.1) is 12.8 Å². The maximum atomic E-state index is 12.7. The summed E-state index contributed by atoms with van der Waals surface area (Å²) in [5.41, 5.74) is 1.32. The van der Waals surface area contributed by atoms with Gasteiger partial charge < -0.3 is 10.4 Å². The van der Waals surface area contributed by atoms with Crippen molar-refractivity contribution in [2.45, 2.75) is 45.1 Å². The van der Waals surface area contributed by atoms with E-state index in [-0.39, 0.29) is 24.5 Å². The van der Waals surface area contributed by atoms with Crippen LogP contribution in [0.25, 0.3) is 5.82 Å². The molecule has 0 bridgehead atoms. The van der Waals surface area contributed by atoms with Crippen molar-refractivity contribution >= 4 is 5.91 Å². The Hall–Kier alpha value is -2.21. The van der Waals surface area contributed by atoms with Crippen molar-refractivity contribution in [1.82, 2.24) is 20.1 Å². The number of nitrogens with zero attached hydrogens (tertiary/aromatic N) is 3. The predicted molar refractivity (Wildman–Crippen MR) is 91.0 cm³/mol. The average molecular weight is 328 g/mol. The van der Waals surface area contributed by atoms with Crippen LogP contribution in [-0.4, -0.2) is 38.4 Å². The van der Waals surface area contributed by atoms with Gasteiger partial charge in [-0.3, -0.25) is 4.79 Å². The number of aliphatic hydroxyl groups is 1. The van der Waals surface area contributed by atoms with Crippen molar-refractivity contribution in [3.05, 3.63) is 41.9 Å². The van der Waals surface area contributed by atoms with Gasteiger partial charge in [0.25, 0.3) is 5.91 Å². The van der Waals surface area contributed by atoms with E-state index in [2.05, 4.69) is 15.4 Å². The number of carbonyl (C=O) groups is 1. The highest BCUT2D eigenvalue weighted by Crippen LogP contribution is 2.24. The first-order valence-corrected chi connectivity index (χ1v) is 8.58. The molecule has 0 saturated heterocycles. The van der Waals surface area contributed by atoms with Crippen molar-refractivity contribution in [3.63, 3.8) is 0 Å². The van der Waals surface area contributed by atoms with Crippen molar-refractivity contribution in [3.8, 4) is 5.82 Å². The van der Waals surface area contributed by atoms with Crippen molar-refractivity contribution in [1.29, 1.82) is 0 Å². The fraction of sp³-hybridized carbons (Fsp3) is 0.500. The van der Waals surface area contributed by atoms with Gasteiger partial charge in [-0.15, -0.1) is 0 Å². The number of carbonyl (C=O) groups excluding carboxylic acids is 1. The minimum absolute atomic E-state index is 0.0302. The number of pyridine rings is 1. The van der Waals surface area contributed by atoms with E-state index in [1.54, 1.807) is 17.1 Å². The van der Waals surface area contributed by atoms with E-state index < -0.39 is 0 Å². The molecule has 2 aromatic rings. The van der Waals surface area contributed by atoms with E-state index in [0.29, 0.717) is 11.4 Å². The van der Waals surface area contributed by atoms with Crippen LogP contribution < -0.4 is 5.32 Å². The first-order valence-electron chi connectivity index (χ1n) is 8.58. The summed E-state index contributed by atoms with van der Waals surface area (Å²) in [7, 11) is 0. The van der Waals surface area contributed by atoms with Crippen LogP contribution in [0.2, 0.25) is 0 Å². The number of hydrogen-bond acceptors (Lipinski definition) is 4. The van der Waals surface area contributed by atoms with Gasteiger partial charge in [-0.25, -0.2) is 9.67 Å². The van der Waals surface area contributed by atoms with Gasteiger partial charge in [0, 0.05) is 24.8 Å². The molecule has 3 rings (SSSR count). The summed E-state index contributed by atoms with van der Waals surface area (Å²) >= 11 is 0. The molecule has 1 fully saturated rings. The molecule has 2 aromatic heterocycles. The minimum atomic E-state index is -0.125. The van der Waals surface area contributed by atoms with Crippen molar-refractivity contribution < 1.29 is 9.90 Å². The lowest BCUT2D eigenvalue weighted by Crippen LogP contribution is -2.41. The minimum Gasteiger partial charge on any atom is -0.396 e. The summed E-state index contributed by atoms with van der Waals surface area (Å²) in [6, 6.07) is 5.62. The topological polar surface area (TPSA) is 80.0 Å². The first-order chi connectivity index (χ1) is 11.7. The molecule has 24 heavy (non-hydrogen) atoms. The molecule has 0 aliphatic heterocycles. The third kappa shape index (κ3) is 3.48. The number of aromatic nitrogens is 3. The molecule has 0 radical (unpaired) electrons. The lowest BCUT2D eigenvalue weighted by atomic mass is 9.95. The van der Waals surface area contributed by atoms with Crippen LogP contribution in [0.4, 0.5) is 0 Å². The Morgan fingerprint density at radius 2 is 2.17 bits per heavy atom. The Morgan fingerprint density at radius 1 is 1.33 bits per heavy atom. The number of hydrogen-bond donors (Lipinski definition) is 2. The Labute approximate surface area is 141 Å². The fourth-order valence-corrected chi connectivity index (χ4v) is 3.38. The van der Waals surface area contributed by atoms with E-state index in [0.717, 1.165) is 31.4 Å². The molecule has 6 heteroatoms. The van der Waals surface area contributed by atoms with E-state index in [4.69, 9.17) is 0 Å². The maximum absolute atomic E-state index is 12.7. The second-order valence-corrected chi connectivity index (χ2v) is 6.40. The van der Waals surface area contributed by atoms with E-state index in [1.165, 1.54) is 6.42 Å². The average Bonchev–Trinajstić information content (AvgIpc) is 2.85. The third-order valence-corrected chi connectivity index (χ3v) is 4.83. The Morgan fingerprint density at radius 3 is 2.92 bits per heavy atom. The molecular formula is C18H24N4O2. The smallest absolute Gasteiger partial charge is 0.254 e. The Kier molecular flexibility index (Phi) is 5.25. The molecule has 2 heterocycles. The van der Waals surface area contributed by atoms with Gasteiger partial charge in [0.05, 0.1) is 17.5 Å². The van der Waals surface area contributed by atoms with Gasteiger partial charge in [0.2, 0.25) is 0 Å². The molecule has 1 saturated carbocycles. The lowest BCUT2D eigenvalue weighted by molar-refractivity contribution is 0.0899. The quantitative estimate of drug-likeness (QED) is 0.844. The summed E-state index contributed by atoms with van der Waals surface area (Å²) in [4.78, 5) is 17.0. The second kappa shape index (κ2) is 7.57. The van der Waals surface area contributed by atoms with Gasteiger partial charge in [0.1, 0.15) is 0 Å². The monoisotopic (exact) mass is 328 g/mol. The molecule has 1 aliphatic carbocycles. The summed E-state index contributed by atoms with van der Waals surface area (Å²) < 4.78 is 1.67. The molecule has 6 nitrogen and oxygen atoms in total. The van der Waals surface area contributed by atoms with Crippen LogP contribution in [0.5, 0.6) is 0 Å². The van der Waals surface area contributed by atoms with E-state index in [1.807, 2.05) is 25.1 Å². The third-order valence-electron chi connectivity index (χ3n) is 4.83. The molecule has 1 aliphatic rings. The first kappa shape index (κ1) is 16.6. The maximum Gasteiger partial charge on any atom is 0.254 e. The lowest BCUT2D eigenvalue weighted by Gasteiger charge is -2.24. The van der Waals surface area contributed by atoms with E-state index >= 15 is 0 Å². The van der Waals surface area contributed by atoms with Gasteiger partial charge in [0.15, 0.2) is 5.82 Å². The molecule has 2 unspecified atom stereocenters. The largest absolute Gasteiger partial charge is 0.396 e. The predicted octanol–water partition coefficient (Wildman–Crippen LogP) is 2.25. The molecule has 0 aromatic carbocycles. The Balaban J connectivity index is 1.77. The van der Waals surface area contributed by atoms with Crippen LogP contribution in [0.3, 0.4) is 0 Å². The van der Waals surface area contributed by atoms with Gasteiger partial charge in [-0.1, -0.05) is 25.3 Å². The molecule has 2 atom stereocenters. The zero-order valence-corrected chi connectivity index (χ0v) is 14.0. The summed E-state index contributed by atoms with van der Waals surface area (Å²) in [6.07, 6.45) is 8.55. The molecular weight excluding hydrogens is 304 g/mol. The van der Waals surface area contributed by atoms with Gasteiger partial charge >= 0.3 is 0 Å². The summed E-state index contributed by atoms with van der Waals surface area (Å²) in [5, 5.41) is 17.0. The van der Waals surface area contributed by atoms with Gasteiger partial charge in [-0.05, 0) is 31.9 Å². The highest BCUT2D eigenvalue weighted by molar-refractivity contribution is 5.95. The molecule has 2 N–H and O–H groups in total. The van der Waals surface area contributed by atoms with Crippen LogP contribution in [-0.2, 0) is 0 Å². The standard InChI is InChI=1S/C18H24N4O2/c1-13-15(11-20-22(13)17-9-5-6-10-19-17)18(24)21-16-8-4-2-3-7-14(16)12-23/h5-6,9-11,14,16,23H,2-4,7-8,12H2,1H3,(H,21,24). The highest BCUT2D eigenvalue weighted by atomic mass is 16.3. The molecule has 0 spiro atoms. The van der Waals surface area contributed by atoms with Crippen LogP contribution in [0.1, 0.15) is 48.2 Å². The normalized spacial score (nSPS) is 21.2. The number of aliphatic hydroxyl groups excluding tert-OH is 1. The van der Waals surface area contributed by atoms with Crippen LogP contribution >= 0.6 is 0 Å². The second-order valence-electron chi connectivity index (χ2n) is 6.40. The summed E-state index contributed by atoms with van der Waals surface area (Å²) in [6.45, 7) is 1.99. The van der Waals surface area contributed by atoms with Crippen molar-refractivity contribution in [2.24, 2.45) is 5.92 Å². The summed E-state index contributed by atoms with van der Waals surface area (Å²) in [5.74, 6) is 0.708. The number of amides is 1. The fourth-order valence-electron chi connectivity index (χ4n) is 3.38. The molecule has 128 valence electrons. The van der Waals surface area contributed by atoms with Crippen LogP contribution in [0.15, 0.2) is 30.6 Å². The Bertz CT molecular complexity index is 684. The highest BCUT2D eigenvalue weighted by Gasteiger charge is 2.26. The van der Waals surface area contributed by atoms with Crippen molar-refractivity contribution in [2.75, 3.05) is 6.61 Å². The number of nitrogens with one attached hydrogen (secondary N) is 1. The van der Waals surface area contributed by atoms with E-state index in [9.17, 15) is 9.90 Å². The molecule has 1 amide bonds. The number of rotatable bonds is 4. The SMILES string of the molecule is Cc1c(C(=O)NC2CCCCCC2CO)cnn1-c1ccccn1. The van der Waals surface area contributed by atoms with Gasteiger partial charge in [-0.2, -0.15) is 5.10 Å². The zero-order valence-electron chi connectivity index (χ0n) is 14.0.